The first kappa shape index (κ1) is 8.64. The number of nitrogens with one attached hydrogen (secondary N) is 1. The Bertz CT molecular complexity index is 429. The lowest BCUT2D eigenvalue weighted by Crippen LogP contribution is -1.88. The monoisotopic (exact) mass is 193 g/mol. The van der Waals surface area contributed by atoms with E-state index >= 15 is 0 Å². The van der Waals surface area contributed by atoms with Crippen LogP contribution in [-0.4, -0.2) is 4.98 Å². The number of halogens is 1. The molecule has 1 heterocycles. The Kier molecular flexibility index (Phi) is 2.04. The van der Waals surface area contributed by atoms with Gasteiger partial charge < -0.3 is 4.98 Å². The number of rotatable bonds is 1. The quantitative estimate of drug-likeness (QED) is 0.706. The minimum absolute atomic E-state index is 0.472. The molecule has 0 aliphatic carbocycles. The molecule has 1 N–H and O–H groups in total. The van der Waals surface area contributed by atoms with Crippen LogP contribution >= 0.6 is 11.6 Å². The van der Waals surface area contributed by atoms with E-state index in [1.54, 1.807) is 0 Å². The topological polar surface area (TPSA) is 15.8 Å². The molecular weight excluding hydrogens is 182 g/mol. The van der Waals surface area contributed by atoms with Crippen molar-refractivity contribution in [3.05, 3.63) is 35.0 Å². The largest absolute Gasteiger partial charge is 0.361 e. The zero-order valence-corrected chi connectivity index (χ0v) is 8.52. The number of fused-ring (bicyclic) bond motifs is 1. The van der Waals surface area contributed by atoms with Crippen LogP contribution in [0, 0.1) is 0 Å². The Morgan fingerprint density at radius 1 is 1.31 bits per heavy atom. The molecule has 0 amide bonds. The lowest BCUT2D eigenvalue weighted by molar-refractivity contribution is 0.868. The van der Waals surface area contributed by atoms with E-state index in [-0.39, 0.29) is 0 Å². The van der Waals surface area contributed by atoms with Crippen molar-refractivity contribution in [3.8, 4) is 0 Å². The molecule has 0 atom stereocenters. The second kappa shape index (κ2) is 3.08. The summed E-state index contributed by atoms with van der Waals surface area (Å²) in [6.45, 7) is 4.30. The molecule has 0 unspecified atom stereocenters. The Hall–Kier alpha value is -0.950. The second-order valence-electron chi connectivity index (χ2n) is 3.59. The Balaban J connectivity index is 2.69. The first-order valence-electron chi connectivity index (χ1n) is 4.45. The van der Waals surface area contributed by atoms with Crippen molar-refractivity contribution in [1.82, 2.24) is 4.98 Å². The molecule has 0 fully saturated rings. The van der Waals surface area contributed by atoms with Crippen LogP contribution in [0.15, 0.2) is 24.4 Å². The molecule has 0 saturated heterocycles. The molecule has 0 spiro atoms. The summed E-state index contributed by atoms with van der Waals surface area (Å²) in [7, 11) is 0. The van der Waals surface area contributed by atoms with Gasteiger partial charge in [-0.1, -0.05) is 25.4 Å². The fourth-order valence-corrected chi connectivity index (χ4v) is 1.92. The van der Waals surface area contributed by atoms with Gasteiger partial charge in [0.1, 0.15) is 0 Å². The first-order chi connectivity index (χ1) is 6.18. The molecule has 0 bridgehead atoms. The van der Waals surface area contributed by atoms with Crippen molar-refractivity contribution in [2.24, 2.45) is 0 Å². The molecule has 1 nitrogen and oxygen atoms in total. The Morgan fingerprint density at radius 3 is 2.77 bits per heavy atom. The van der Waals surface area contributed by atoms with Crippen LogP contribution in [0.4, 0.5) is 0 Å². The summed E-state index contributed by atoms with van der Waals surface area (Å²) in [5.74, 6) is 0.472. The fraction of sp³-hybridized carbons (Fsp3) is 0.273. The molecule has 0 aliphatic heterocycles. The molecule has 68 valence electrons. The Labute approximate surface area is 82.7 Å². The van der Waals surface area contributed by atoms with Crippen molar-refractivity contribution in [2.45, 2.75) is 19.8 Å². The second-order valence-corrected chi connectivity index (χ2v) is 4.00. The van der Waals surface area contributed by atoms with E-state index in [4.69, 9.17) is 11.6 Å². The molecule has 2 heteroatoms. The summed E-state index contributed by atoms with van der Waals surface area (Å²) in [6.07, 6.45) is 1.94. The molecule has 0 aliphatic rings. The average Bonchev–Trinajstić information content (AvgIpc) is 2.48. The molecule has 1 aromatic carbocycles. The SMILES string of the molecule is CC(C)c1cc2[nH]ccc2cc1Cl. The number of hydrogen-bond donors (Lipinski definition) is 1. The predicted molar refractivity (Wildman–Crippen MR) is 57.4 cm³/mol. The van der Waals surface area contributed by atoms with Crippen LogP contribution in [-0.2, 0) is 0 Å². The lowest BCUT2D eigenvalue weighted by atomic mass is 10.0. The standard InChI is InChI=1S/C11H12ClN/c1-7(2)9-6-11-8(3-4-13-11)5-10(9)12/h3-7,13H,1-2H3. The highest BCUT2D eigenvalue weighted by molar-refractivity contribution is 6.32. The summed E-state index contributed by atoms with van der Waals surface area (Å²) in [5.41, 5.74) is 2.37. The van der Waals surface area contributed by atoms with Crippen molar-refractivity contribution in [2.75, 3.05) is 0 Å². The van der Waals surface area contributed by atoms with Crippen LogP contribution in [0.5, 0.6) is 0 Å². The third kappa shape index (κ3) is 1.44. The van der Waals surface area contributed by atoms with Gasteiger partial charge in [-0.15, -0.1) is 0 Å². The summed E-state index contributed by atoms with van der Waals surface area (Å²) in [4.78, 5) is 3.18. The normalized spacial score (nSPS) is 11.4. The number of benzene rings is 1. The van der Waals surface area contributed by atoms with Crippen molar-refractivity contribution in [3.63, 3.8) is 0 Å². The Morgan fingerprint density at radius 2 is 2.08 bits per heavy atom. The summed E-state index contributed by atoms with van der Waals surface area (Å²) < 4.78 is 0. The van der Waals surface area contributed by atoms with E-state index in [0.29, 0.717) is 5.92 Å². The van der Waals surface area contributed by atoms with Crippen LogP contribution in [0.2, 0.25) is 5.02 Å². The van der Waals surface area contributed by atoms with Gasteiger partial charge in [0.15, 0.2) is 0 Å². The highest BCUT2D eigenvalue weighted by atomic mass is 35.5. The van der Waals surface area contributed by atoms with E-state index in [0.717, 1.165) is 10.5 Å². The minimum Gasteiger partial charge on any atom is -0.361 e. The molecule has 2 rings (SSSR count). The van der Waals surface area contributed by atoms with Gasteiger partial charge in [-0.25, -0.2) is 0 Å². The van der Waals surface area contributed by atoms with Crippen LogP contribution in [0.1, 0.15) is 25.3 Å². The maximum Gasteiger partial charge on any atom is 0.0457 e. The van der Waals surface area contributed by atoms with Gasteiger partial charge in [-0.2, -0.15) is 0 Å². The number of aromatic amines is 1. The predicted octanol–water partition coefficient (Wildman–Crippen LogP) is 3.94. The van der Waals surface area contributed by atoms with Crippen molar-refractivity contribution >= 4 is 22.5 Å². The van der Waals surface area contributed by atoms with Gasteiger partial charge in [-0.3, -0.25) is 0 Å². The van der Waals surface area contributed by atoms with Crippen LogP contribution < -0.4 is 0 Å². The number of hydrogen-bond acceptors (Lipinski definition) is 0. The van der Waals surface area contributed by atoms with E-state index in [9.17, 15) is 0 Å². The van der Waals surface area contributed by atoms with Gasteiger partial charge in [0, 0.05) is 22.1 Å². The third-order valence-corrected chi connectivity index (χ3v) is 2.62. The smallest absolute Gasteiger partial charge is 0.0457 e. The zero-order valence-electron chi connectivity index (χ0n) is 7.76. The molecule has 13 heavy (non-hydrogen) atoms. The van der Waals surface area contributed by atoms with Gasteiger partial charge >= 0.3 is 0 Å². The third-order valence-electron chi connectivity index (χ3n) is 2.29. The van der Waals surface area contributed by atoms with E-state index < -0.39 is 0 Å². The molecule has 0 radical (unpaired) electrons. The fourth-order valence-electron chi connectivity index (χ4n) is 1.53. The summed E-state index contributed by atoms with van der Waals surface area (Å²) in [5, 5.41) is 2.04. The molecular formula is C11H12ClN. The van der Waals surface area contributed by atoms with Crippen molar-refractivity contribution < 1.29 is 0 Å². The van der Waals surface area contributed by atoms with Crippen molar-refractivity contribution in [1.29, 1.82) is 0 Å². The van der Waals surface area contributed by atoms with E-state index in [1.807, 2.05) is 18.3 Å². The molecule has 1 aromatic heterocycles. The van der Waals surface area contributed by atoms with E-state index in [2.05, 4.69) is 24.9 Å². The lowest BCUT2D eigenvalue weighted by Gasteiger charge is -2.07. The van der Waals surface area contributed by atoms with Crippen LogP contribution in [0.25, 0.3) is 10.9 Å². The van der Waals surface area contributed by atoms with Gasteiger partial charge in [0.25, 0.3) is 0 Å². The number of aromatic nitrogens is 1. The minimum atomic E-state index is 0.472. The van der Waals surface area contributed by atoms with E-state index in [1.165, 1.54) is 10.9 Å². The molecule has 0 saturated carbocycles. The highest BCUT2D eigenvalue weighted by Crippen LogP contribution is 2.28. The van der Waals surface area contributed by atoms with Crippen LogP contribution in [0.3, 0.4) is 0 Å². The van der Waals surface area contributed by atoms with Gasteiger partial charge in [0.05, 0.1) is 0 Å². The summed E-state index contributed by atoms with van der Waals surface area (Å²) >= 11 is 6.14. The summed E-state index contributed by atoms with van der Waals surface area (Å²) in [6, 6.07) is 6.18. The van der Waals surface area contributed by atoms with Gasteiger partial charge in [-0.05, 0) is 29.7 Å². The maximum absolute atomic E-state index is 6.14. The highest BCUT2D eigenvalue weighted by Gasteiger charge is 2.06. The first-order valence-corrected chi connectivity index (χ1v) is 4.83. The maximum atomic E-state index is 6.14. The van der Waals surface area contributed by atoms with Gasteiger partial charge in [0.2, 0.25) is 0 Å². The average molecular weight is 194 g/mol. The number of H-pyrrole nitrogens is 1. The molecule has 2 aromatic rings. The zero-order chi connectivity index (χ0) is 9.42.